The van der Waals surface area contributed by atoms with Gasteiger partial charge in [-0.3, -0.25) is 0 Å². The maximum absolute atomic E-state index is 2.78. The molecule has 0 saturated heterocycles. The average Bonchev–Trinajstić information content (AvgIpc) is 2.00. The number of allylic oxidation sites excluding steroid dienone is 4. The van der Waals surface area contributed by atoms with E-state index in [0.29, 0.717) is 0 Å². The number of rotatable bonds is 5. The standard InChI is InChI=1S/C10H20P2/c1-9(2)5-4-6-10(3)7-8-12-11/h5,7,12H,4,6,8,11H2,1-3H3/b10-7+. The molecule has 0 aromatic heterocycles. The molecule has 0 radical (unpaired) electrons. The summed E-state index contributed by atoms with van der Waals surface area (Å²) in [4.78, 5) is 0. The van der Waals surface area contributed by atoms with Gasteiger partial charge in [0.15, 0.2) is 0 Å². The van der Waals surface area contributed by atoms with E-state index in [9.17, 15) is 0 Å². The van der Waals surface area contributed by atoms with Crippen molar-refractivity contribution in [1.82, 2.24) is 0 Å². The van der Waals surface area contributed by atoms with Crippen molar-refractivity contribution in [2.45, 2.75) is 33.6 Å². The molecule has 0 saturated carbocycles. The second-order valence-corrected chi connectivity index (χ2v) is 5.32. The highest BCUT2D eigenvalue weighted by atomic mass is 32.0. The molecule has 2 unspecified atom stereocenters. The fourth-order valence-electron chi connectivity index (χ4n) is 0.924. The molecule has 0 aromatic rings. The summed E-state index contributed by atoms with van der Waals surface area (Å²) >= 11 is 0. The monoisotopic (exact) mass is 202 g/mol. The van der Waals surface area contributed by atoms with Crippen LogP contribution in [0.15, 0.2) is 23.3 Å². The quantitative estimate of drug-likeness (QED) is 0.464. The van der Waals surface area contributed by atoms with Gasteiger partial charge in [-0.05, 0) is 39.8 Å². The third-order valence-corrected chi connectivity index (χ3v) is 2.81. The van der Waals surface area contributed by atoms with Crippen LogP contribution in [0, 0.1) is 0 Å². The van der Waals surface area contributed by atoms with Crippen molar-refractivity contribution in [3.05, 3.63) is 23.3 Å². The van der Waals surface area contributed by atoms with E-state index in [1.54, 1.807) is 0 Å². The molecule has 2 atom stereocenters. The second-order valence-electron chi connectivity index (χ2n) is 3.28. The molecular formula is C10H20P2. The maximum atomic E-state index is 2.78. The molecule has 0 heterocycles. The molecule has 0 aliphatic heterocycles. The first-order valence-corrected chi connectivity index (χ1v) is 7.41. The number of hydrogen-bond donors (Lipinski definition) is 0. The Morgan fingerprint density at radius 3 is 2.42 bits per heavy atom. The van der Waals surface area contributed by atoms with Crippen molar-refractivity contribution < 1.29 is 0 Å². The van der Waals surface area contributed by atoms with Crippen LogP contribution < -0.4 is 0 Å². The van der Waals surface area contributed by atoms with E-state index in [4.69, 9.17) is 0 Å². The first-order valence-electron chi connectivity index (χ1n) is 4.39. The third-order valence-electron chi connectivity index (χ3n) is 1.66. The van der Waals surface area contributed by atoms with Crippen molar-refractivity contribution in [1.29, 1.82) is 0 Å². The van der Waals surface area contributed by atoms with Gasteiger partial charge in [-0.15, -0.1) is 8.93 Å². The van der Waals surface area contributed by atoms with Crippen LogP contribution in [0.3, 0.4) is 0 Å². The van der Waals surface area contributed by atoms with Gasteiger partial charge in [0, 0.05) is 0 Å². The Morgan fingerprint density at radius 1 is 1.25 bits per heavy atom. The van der Waals surface area contributed by atoms with E-state index in [1.807, 2.05) is 0 Å². The van der Waals surface area contributed by atoms with E-state index >= 15 is 0 Å². The topological polar surface area (TPSA) is 0 Å². The van der Waals surface area contributed by atoms with Gasteiger partial charge in [0.05, 0.1) is 0 Å². The third kappa shape index (κ3) is 8.44. The molecule has 0 rings (SSSR count). The van der Waals surface area contributed by atoms with E-state index in [0.717, 1.165) is 8.27 Å². The second kappa shape index (κ2) is 7.96. The molecule has 0 aromatic carbocycles. The summed E-state index contributed by atoms with van der Waals surface area (Å²) in [6, 6.07) is 0. The predicted molar refractivity (Wildman–Crippen MR) is 65.3 cm³/mol. The Balaban J connectivity index is 3.56. The van der Waals surface area contributed by atoms with E-state index in [2.05, 4.69) is 41.9 Å². The van der Waals surface area contributed by atoms with Crippen LogP contribution in [0.1, 0.15) is 33.6 Å². The smallest absolute Gasteiger partial charge is 0.0135 e. The molecule has 70 valence electrons. The van der Waals surface area contributed by atoms with Gasteiger partial charge in [0.2, 0.25) is 0 Å². The molecule has 0 fully saturated rings. The van der Waals surface area contributed by atoms with Crippen molar-refractivity contribution >= 4 is 17.2 Å². The van der Waals surface area contributed by atoms with Crippen LogP contribution in [0.2, 0.25) is 0 Å². The van der Waals surface area contributed by atoms with Gasteiger partial charge in [-0.2, -0.15) is 0 Å². The lowest BCUT2D eigenvalue weighted by atomic mass is 10.1. The fourth-order valence-corrected chi connectivity index (χ4v) is 1.74. The zero-order chi connectivity index (χ0) is 9.40. The minimum absolute atomic E-state index is 0.976. The highest BCUT2D eigenvalue weighted by Crippen LogP contribution is 2.20. The van der Waals surface area contributed by atoms with E-state index in [-0.39, 0.29) is 0 Å². The van der Waals surface area contributed by atoms with Crippen molar-refractivity contribution in [2.24, 2.45) is 0 Å². The molecule has 0 aliphatic carbocycles. The zero-order valence-corrected chi connectivity index (χ0v) is 10.5. The zero-order valence-electron chi connectivity index (χ0n) is 8.35. The lowest BCUT2D eigenvalue weighted by Crippen LogP contribution is -1.77. The SMILES string of the molecule is CC(C)=CCC/C(C)=C/CPP. The summed E-state index contributed by atoms with van der Waals surface area (Å²) in [5, 5.41) is 0. The molecule has 0 aliphatic rings. The number of hydrogen-bond acceptors (Lipinski definition) is 0. The Kier molecular flexibility index (Phi) is 8.19. The summed E-state index contributed by atoms with van der Waals surface area (Å²) in [7, 11) is 3.75. The summed E-state index contributed by atoms with van der Waals surface area (Å²) in [5.41, 5.74) is 2.96. The van der Waals surface area contributed by atoms with Crippen LogP contribution >= 0.6 is 17.2 Å². The Morgan fingerprint density at radius 2 is 1.92 bits per heavy atom. The van der Waals surface area contributed by atoms with Crippen molar-refractivity contribution in [3.8, 4) is 0 Å². The minimum atomic E-state index is 0.976. The first-order chi connectivity index (χ1) is 5.66. The van der Waals surface area contributed by atoms with Gasteiger partial charge in [-0.1, -0.05) is 31.6 Å². The molecule has 0 bridgehead atoms. The van der Waals surface area contributed by atoms with E-state index in [1.165, 1.54) is 30.1 Å². The Hall–Kier alpha value is 0.340. The molecule has 0 spiro atoms. The van der Waals surface area contributed by atoms with Crippen molar-refractivity contribution in [2.75, 3.05) is 6.16 Å². The Labute approximate surface area is 80.8 Å². The normalized spacial score (nSPS) is 12.5. The van der Waals surface area contributed by atoms with Crippen LogP contribution in [-0.2, 0) is 0 Å². The van der Waals surface area contributed by atoms with Gasteiger partial charge < -0.3 is 0 Å². The van der Waals surface area contributed by atoms with Crippen LogP contribution in [0.4, 0.5) is 0 Å². The van der Waals surface area contributed by atoms with Crippen molar-refractivity contribution in [3.63, 3.8) is 0 Å². The Bertz CT molecular complexity index is 165. The minimum Gasteiger partial charge on any atom is -0.114 e. The lowest BCUT2D eigenvalue weighted by molar-refractivity contribution is 0.964. The molecule has 12 heavy (non-hydrogen) atoms. The molecule has 0 N–H and O–H groups in total. The van der Waals surface area contributed by atoms with E-state index < -0.39 is 0 Å². The highest BCUT2D eigenvalue weighted by Gasteiger charge is 1.87. The van der Waals surface area contributed by atoms with Gasteiger partial charge in [-0.25, -0.2) is 0 Å². The molecule has 2 heteroatoms. The average molecular weight is 202 g/mol. The largest absolute Gasteiger partial charge is 0.114 e. The molecule has 0 nitrogen and oxygen atoms in total. The summed E-state index contributed by atoms with van der Waals surface area (Å²) in [5.74, 6) is 0. The van der Waals surface area contributed by atoms with Gasteiger partial charge in [0.25, 0.3) is 0 Å². The molecular weight excluding hydrogens is 182 g/mol. The van der Waals surface area contributed by atoms with Crippen LogP contribution in [0.25, 0.3) is 0 Å². The van der Waals surface area contributed by atoms with Gasteiger partial charge in [0.1, 0.15) is 0 Å². The van der Waals surface area contributed by atoms with Gasteiger partial charge >= 0.3 is 0 Å². The fraction of sp³-hybridized carbons (Fsp3) is 0.600. The summed E-state index contributed by atoms with van der Waals surface area (Å²) < 4.78 is 0. The lowest BCUT2D eigenvalue weighted by Gasteiger charge is -1.97. The summed E-state index contributed by atoms with van der Waals surface area (Å²) in [6.45, 7) is 6.54. The maximum Gasteiger partial charge on any atom is -0.0135 e. The molecule has 0 amide bonds. The predicted octanol–water partition coefficient (Wildman–Crippen LogP) is 4.15. The van der Waals surface area contributed by atoms with Crippen LogP contribution in [0.5, 0.6) is 0 Å². The van der Waals surface area contributed by atoms with Crippen LogP contribution in [-0.4, -0.2) is 6.16 Å². The first kappa shape index (κ1) is 12.3. The summed E-state index contributed by atoms with van der Waals surface area (Å²) in [6.07, 6.45) is 8.31. The highest BCUT2D eigenvalue weighted by molar-refractivity contribution is 8.02.